The third-order valence-corrected chi connectivity index (χ3v) is 5.00. The van der Waals surface area contributed by atoms with Crippen LogP contribution in [0.1, 0.15) is 5.56 Å². The normalized spacial score (nSPS) is 10.8. The molecule has 12 heteroatoms. The summed E-state index contributed by atoms with van der Waals surface area (Å²) < 4.78 is 30.9. The van der Waals surface area contributed by atoms with Crippen molar-refractivity contribution in [2.45, 2.75) is 4.90 Å². The van der Waals surface area contributed by atoms with Crippen molar-refractivity contribution in [3.05, 3.63) is 52.1 Å². The summed E-state index contributed by atoms with van der Waals surface area (Å²) in [7, 11) is -4.03. The average Bonchev–Trinajstić information content (AvgIpc) is 2.67. The van der Waals surface area contributed by atoms with Crippen LogP contribution < -0.4 is 10.0 Å². The van der Waals surface area contributed by atoms with E-state index in [1.54, 1.807) is 0 Å². The van der Waals surface area contributed by atoms with Gasteiger partial charge in [-0.05, 0) is 24.3 Å². The molecule has 0 saturated heterocycles. The Morgan fingerprint density at radius 2 is 2.00 bits per heavy atom. The first-order chi connectivity index (χ1) is 13.2. The van der Waals surface area contributed by atoms with E-state index in [2.05, 4.69) is 15.0 Å². The monoisotopic (exact) mass is 442 g/mol. The first-order valence-corrected chi connectivity index (χ1v) is 9.71. The number of sulfonamides is 1. The van der Waals surface area contributed by atoms with E-state index in [0.717, 1.165) is 6.07 Å². The summed E-state index contributed by atoms with van der Waals surface area (Å²) in [6.45, 7) is -1.38. The highest BCUT2D eigenvalue weighted by molar-refractivity contribution is 7.89. The van der Waals surface area contributed by atoms with Crippen LogP contribution in [0.25, 0.3) is 0 Å². The van der Waals surface area contributed by atoms with E-state index >= 15 is 0 Å². The van der Waals surface area contributed by atoms with Crippen molar-refractivity contribution in [2.75, 3.05) is 18.5 Å². The number of benzene rings is 1. The molecule has 1 heterocycles. The van der Waals surface area contributed by atoms with E-state index in [4.69, 9.17) is 28.5 Å². The number of hydrogen-bond donors (Lipinski definition) is 2. The van der Waals surface area contributed by atoms with Gasteiger partial charge >= 0.3 is 5.97 Å². The van der Waals surface area contributed by atoms with Crippen molar-refractivity contribution in [1.29, 1.82) is 5.26 Å². The summed E-state index contributed by atoms with van der Waals surface area (Å²) in [5.74, 6) is -1.68. The van der Waals surface area contributed by atoms with Crippen molar-refractivity contribution in [2.24, 2.45) is 0 Å². The minimum atomic E-state index is -4.03. The van der Waals surface area contributed by atoms with Crippen molar-refractivity contribution in [3.63, 3.8) is 0 Å². The van der Waals surface area contributed by atoms with Gasteiger partial charge in [0.1, 0.15) is 6.54 Å². The lowest BCUT2D eigenvalue weighted by molar-refractivity contribution is -0.146. The molecule has 0 fully saturated rings. The maximum absolute atomic E-state index is 12.1. The number of amides is 1. The lowest BCUT2D eigenvalue weighted by Crippen LogP contribution is -2.32. The molecule has 2 rings (SSSR count). The number of nitriles is 1. The third kappa shape index (κ3) is 6.17. The number of hydrogen-bond acceptors (Lipinski definition) is 7. The Balaban J connectivity index is 1.85. The summed E-state index contributed by atoms with van der Waals surface area (Å²) in [5.41, 5.74) is 0.150. The summed E-state index contributed by atoms with van der Waals surface area (Å²) >= 11 is 11.5. The van der Waals surface area contributed by atoms with E-state index in [-0.39, 0.29) is 26.3 Å². The van der Waals surface area contributed by atoms with Crippen LogP contribution in [0.3, 0.4) is 0 Å². The van der Waals surface area contributed by atoms with Gasteiger partial charge in [-0.3, -0.25) is 9.59 Å². The Kier molecular flexibility index (Phi) is 7.31. The predicted molar refractivity (Wildman–Crippen MR) is 100 cm³/mol. The van der Waals surface area contributed by atoms with Crippen LogP contribution in [0, 0.1) is 11.3 Å². The number of nitrogens with one attached hydrogen (secondary N) is 2. The molecule has 1 aromatic carbocycles. The maximum atomic E-state index is 12.1. The molecule has 1 amide bonds. The number of rotatable bonds is 7. The lowest BCUT2D eigenvalue weighted by atomic mass is 10.2. The number of carbonyl (C=O) groups excluding carboxylic acids is 2. The fourth-order valence-corrected chi connectivity index (χ4v) is 3.28. The number of anilines is 1. The van der Waals surface area contributed by atoms with Gasteiger partial charge in [-0.25, -0.2) is 13.4 Å². The number of halogens is 2. The smallest absolute Gasteiger partial charge is 0.321 e. The second-order valence-electron chi connectivity index (χ2n) is 5.16. The van der Waals surface area contributed by atoms with E-state index < -0.39 is 35.1 Å². The molecule has 2 N–H and O–H groups in total. The van der Waals surface area contributed by atoms with Gasteiger partial charge in [-0.1, -0.05) is 29.3 Å². The van der Waals surface area contributed by atoms with E-state index in [1.165, 1.54) is 30.5 Å². The SMILES string of the molecule is N#Cc1cccc(S(=O)(=O)NCC(=O)OCC(=O)Nc2ncc(Cl)cc2Cl)c1. The molecule has 0 aliphatic rings. The van der Waals surface area contributed by atoms with Gasteiger partial charge in [0.05, 0.1) is 26.6 Å². The molecule has 0 spiro atoms. The summed E-state index contributed by atoms with van der Waals surface area (Å²) in [6.07, 6.45) is 1.27. The summed E-state index contributed by atoms with van der Waals surface area (Å²) in [4.78, 5) is 27.1. The van der Waals surface area contributed by atoms with Crippen molar-refractivity contribution in [1.82, 2.24) is 9.71 Å². The lowest BCUT2D eigenvalue weighted by Gasteiger charge is -2.09. The Morgan fingerprint density at radius 1 is 1.25 bits per heavy atom. The molecule has 1 aromatic heterocycles. The first kappa shape index (κ1) is 21.6. The number of ether oxygens (including phenoxy) is 1. The number of pyridine rings is 1. The molecule has 0 aliphatic heterocycles. The molecule has 0 unspecified atom stereocenters. The molecule has 2 aromatic rings. The fraction of sp³-hybridized carbons (Fsp3) is 0.125. The van der Waals surface area contributed by atoms with Gasteiger partial charge in [-0.15, -0.1) is 0 Å². The number of aromatic nitrogens is 1. The highest BCUT2D eigenvalue weighted by Crippen LogP contribution is 2.22. The highest BCUT2D eigenvalue weighted by atomic mass is 35.5. The minimum absolute atomic E-state index is 0.0326. The van der Waals surface area contributed by atoms with Crippen molar-refractivity contribution < 1.29 is 22.7 Å². The van der Waals surface area contributed by atoms with Crippen LogP contribution in [0.4, 0.5) is 5.82 Å². The van der Waals surface area contributed by atoms with Gasteiger partial charge < -0.3 is 10.1 Å². The van der Waals surface area contributed by atoms with Gasteiger partial charge in [0.15, 0.2) is 12.4 Å². The zero-order chi connectivity index (χ0) is 20.7. The number of nitrogens with zero attached hydrogens (tertiary/aromatic N) is 2. The minimum Gasteiger partial charge on any atom is -0.455 e. The molecule has 146 valence electrons. The highest BCUT2D eigenvalue weighted by Gasteiger charge is 2.17. The standard InChI is InChI=1S/C16H12Cl2N4O5S/c17-11-5-13(18)16(20-7-11)22-14(23)9-27-15(24)8-21-28(25,26)12-3-1-2-10(4-12)6-19/h1-5,7,21H,8-9H2,(H,20,22,23). The van der Waals surface area contributed by atoms with Crippen molar-refractivity contribution in [3.8, 4) is 6.07 Å². The second-order valence-corrected chi connectivity index (χ2v) is 7.77. The third-order valence-electron chi connectivity index (χ3n) is 3.11. The Hall–Kier alpha value is -2.71. The predicted octanol–water partition coefficient (Wildman–Crippen LogP) is 1.72. The molecule has 0 bridgehead atoms. The molecular formula is C16H12Cl2N4O5S. The van der Waals surface area contributed by atoms with Crippen LogP contribution >= 0.6 is 23.2 Å². The van der Waals surface area contributed by atoms with Gasteiger partial charge in [-0.2, -0.15) is 9.98 Å². The molecule has 0 atom stereocenters. The van der Waals surface area contributed by atoms with Crippen LogP contribution in [0.5, 0.6) is 0 Å². The zero-order valence-corrected chi connectivity index (χ0v) is 16.3. The first-order valence-electron chi connectivity index (χ1n) is 7.47. The van der Waals surface area contributed by atoms with E-state index in [0.29, 0.717) is 0 Å². The zero-order valence-electron chi connectivity index (χ0n) is 14.0. The topological polar surface area (TPSA) is 138 Å². The Labute approximate surface area is 170 Å². The molecule has 0 radical (unpaired) electrons. The Morgan fingerprint density at radius 3 is 2.68 bits per heavy atom. The maximum Gasteiger partial charge on any atom is 0.321 e. The van der Waals surface area contributed by atoms with Crippen LogP contribution in [-0.4, -0.2) is 38.4 Å². The Bertz CT molecular complexity index is 1050. The van der Waals surface area contributed by atoms with Crippen LogP contribution in [-0.2, 0) is 24.3 Å². The summed E-state index contributed by atoms with van der Waals surface area (Å²) in [5, 5.41) is 11.5. The average molecular weight is 443 g/mol. The largest absolute Gasteiger partial charge is 0.455 e. The van der Waals surface area contributed by atoms with E-state index in [1.807, 2.05) is 10.8 Å². The molecule has 28 heavy (non-hydrogen) atoms. The van der Waals surface area contributed by atoms with Gasteiger partial charge in [0.25, 0.3) is 5.91 Å². The van der Waals surface area contributed by atoms with Crippen LogP contribution in [0.15, 0.2) is 41.4 Å². The molecule has 0 saturated carbocycles. The van der Waals surface area contributed by atoms with Gasteiger partial charge in [0.2, 0.25) is 10.0 Å². The second kappa shape index (κ2) is 9.48. The summed E-state index contributed by atoms with van der Waals surface area (Å²) in [6, 6.07) is 8.44. The molecule has 9 nitrogen and oxygen atoms in total. The molecular weight excluding hydrogens is 431 g/mol. The number of esters is 1. The molecule has 0 aliphatic carbocycles. The number of carbonyl (C=O) groups is 2. The van der Waals surface area contributed by atoms with Crippen LogP contribution in [0.2, 0.25) is 10.0 Å². The van der Waals surface area contributed by atoms with E-state index in [9.17, 15) is 18.0 Å². The quantitative estimate of drug-likeness (QED) is 0.622. The van der Waals surface area contributed by atoms with Gasteiger partial charge in [0, 0.05) is 6.20 Å². The fourth-order valence-electron chi connectivity index (χ4n) is 1.84. The van der Waals surface area contributed by atoms with Crippen molar-refractivity contribution >= 4 is 50.9 Å².